The molecule has 0 atom stereocenters. The molecule has 0 aliphatic rings. The van der Waals surface area contributed by atoms with Crippen molar-refractivity contribution in [3.63, 3.8) is 0 Å². The van der Waals surface area contributed by atoms with Gasteiger partial charge in [0.25, 0.3) is 0 Å². The van der Waals surface area contributed by atoms with Crippen molar-refractivity contribution >= 4 is 14.1 Å². The summed E-state index contributed by atoms with van der Waals surface area (Å²) in [5.74, 6) is 0. The summed E-state index contributed by atoms with van der Waals surface area (Å²) < 4.78 is 0. The lowest BCUT2D eigenvalue weighted by atomic mass is 10.5. The quantitative estimate of drug-likeness (QED) is 0.302. The third-order valence-corrected chi connectivity index (χ3v) is 6.03. The first-order valence-electron chi connectivity index (χ1n) is 4.19. The highest BCUT2D eigenvalue weighted by molar-refractivity contribution is 6.92. The van der Waals surface area contributed by atoms with E-state index in [0.717, 1.165) is 5.33 Å². The van der Waals surface area contributed by atoms with E-state index in [1.54, 1.807) is 0 Å². The molecule has 0 spiro atoms. The van der Waals surface area contributed by atoms with Crippen LogP contribution in [0.3, 0.4) is 0 Å². The predicted molar refractivity (Wildman–Crippen MR) is 52.2 cm³/mol. The minimum absolute atomic E-state index is 0.686. The molecule has 0 aliphatic carbocycles. The van der Waals surface area contributed by atoms with E-state index >= 15 is 0 Å². The summed E-state index contributed by atoms with van der Waals surface area (Å²) in [6.45, 7) is 10.8. The molecule has 0 aromatic rings. The Balaban J connectivity index is 4.35. The van der Waals surface area contributed by atoms with Gasteiger partial charge >= 0.3 is 0 Å². The zero-order valence-corrected chi connectivity index (χ0v) is 9.28. The van der Waals surface area contributed by atoms with Crippen molar-refractivity contribution in [2.24, 2.45) is 5.16 Å². The Bertz CT molecular complexity index is 135. The van der Waals surface area contributed by atoms with Crippen LogP contribution in [0.15, 0.2) is 5.16 Å². The van der Waals surface area contributed by atoms with E-state index in [1.807, 2.05) is 6.92 Å². The zero-order chi connectivity index (χ0) is 9.02. The minimum Gasteiger partial charge on any atom is -0.411 e. The maximum atomic E-state index is 8.63. The smallest absolute Gasteiger partial charge is 0.0982 e. The molecule has 0 rings (SSSR count). The summed E-state index contributed by atoms with van der Waals surface area (Å²) >= 11 is 0. The summed E-state index contributed by atoms with van der Waals surface area (Å²) in [6.07, 6.45) is 0. The lowest BCUT2D eigenvalue weighted by Crippen LogP contribution is -2.30. The van der Waals surface area contributed by atoms with Gasteiger partial charge in [-0.3, -0.25) is 0 Å². The van der Waals surface area contributed by atoms with Gasteiger partial charge in [0.15, 0.2) is 0 Å². The van der Waals surface area contributed by atoms with Gasteiger partial charge in [0.05, 0.1) is 8.80 Å². The fourth-order valence-corrected chi connectivity index (χ4v) is 5.40. The molecule has 3 heteroatoms. The monoisotopic (exact) mass is 173 g/mol. The van der Waals surface area contributed by atoms with E-state index in [1.165, 1.54) is 0 Å². The molecule has 0 radical (unpaired) electrons. The highest BCUT2D eigenvalue weighted by Gasteiger charge is 2.22. The standard InChI is InChI=1S/C8H19NOSi/c1-6(2)11(7(3)4)8(5)9-10/h6-7,10-11H,1-5H3. The Morgan fingerprint density at radius 1 is 1.18 bits per heavy atom. The molecular weight excluding hydrogens is 154 g/mol. The molecule has 0 fully saturated rings. The summed E-state index contributed by atoms with van der Waals surface area (Å²) in [4.78, 5) is 0. The maximum absolute atomic E-state index is 8.63. The molecule has 0 saturated carbocycles. The highest BCUT2D eigenvalue weighted by Crippen LogP contribution is 2.20. The van der Waals surface area contributed by atoms with Crippen LogP contribution < -0.4 is 0 Å². The van der Waals surface area contributed by atoms with Crippen LogP contribution in [-0.2, 0) is 0 Å². The van der Waals surface area contributed by atoms with Crippen LogP contribution in [-0.4, -0.2) is 19.3 Å². The molecule has 0 aromatic carbocycles. The van der Waals surface area contributed by atoms with Crippen molar-refractivity contribution in [1.82, 2.24) is 0 Å². The van der Waals surface area contributed by atoms with E-state index in [0.29, 0.717) is 11.1 Å². The number of rotatable bonds is 3. The Morgan fingerprint density at radius 3 is 1.64 bits per heavy atom. The molecule has 66 valence electrons. The third-order valence-electron chi connectivity index (χ3n) is 2.08. The molecule has 11 heavy (non-hydrogen) atoms. The summed E-state index contributed by atoms with van der Waals surface area (Å²) in [7, 11) is -0.975. The van der Waals surface area contributed by atoms with Crippen LogP contribution in [0.25, 0.3) is 0 Å². The molecule has 0 aliphatic heterocycles. The normalized spacial score (nSPS) is 13.6. The van der Waals surface area contributed by atoms with Crippen molar-refractivity contribution < 1.29 is 5.21 Å². The molecule has 0 aromatic heterocycles. The van der Waals surface area contributed by atoms with Crippen LogP contribution in [0.1, 0.15) is 34.6 Å². The van der Waals surface area contributed by atoms with Gasteiger partial charge in [-0.2, -0.15) is 0 Å². The highest BCUT2D eigenvalue weighted by atomic mass is 28.3. The minimum atomic E-state index is -0.975. The fraction of sp³-hybridized carbons (Fsp3) is 0.875. The van der Waals surface area contributed by atoms with E-state index in [4.69, 9.17) is 5.21 Å². The second kappa shape index (κ2) is 4.54. The molecule has 0 saturated heterocycles. The zero-order valence-electron chi connectivity index (χ0n) is 8.13. The Morgan fingerprint density at radius 2 is 1.55 bits per heavy atom. The van der Waals surface area contributed by atoms with Crippen LogP contribution in [0, 0.1) is 0 Å². The van der Waals surface area contributed by atoms with Gasteiger partial charge in [0.2, 0.25) is 0 Å². The topological polar surface area (TPSA) is 32.6 Å². The van der Waals surface area contributed by atoms with Crippen LogP contribution in [0.4, 0.5) is 0 Å². The lowest BCUT2D eigenvalue weighted by molar-refractivity contribution is 0.320. The van der Waals surface area contributed by atoms with E-state index in [9.17, 15) is 0 Å². The fourth-order valence-electron chi connectivity index (χ4n) is 1.80. The second-order valence-corrected chi connectivity index (χ2v) is 8.31. The average Bonchev–Trinajstić information content (AvgIpc) is 1.85. The van der Waals surface area contributed by atoms with Gasteiger partial charge in [0, 0.05) is 5.33 Å². The lowest BCUT2D eigenvalue weighted by Gasteiger charge is -2.21. The number of hydrogen-bond donors (Lipinski definition) is 1. The Labute approximate surface area is 70.9 Å². The van der Waals surface area contributed by atoms with Crippen molar-refractivity contribution in [2.45, 2.75) is 45.7 Å². The maximum Gasteiger partial charge on any atom is 0.0982 e. The van der Waals surface area contributed by atoms with Gasteiger partial charge in [-0.15, -0.1) is 5.16 Å². The largest absolute Gasteiger partial charge is 0.411 e. The molecule has 0 heterocycles. The summed E-state index contributed by atoms with van der Waals surface area (Å²) in [5.41, 5.74) is 1.37. The van der Waals surface area contributed by atoms with E-state index < -0.39 is 8.80 Å². The van der Waals surface area contributed by atoms with E-state index in [-0.39, 0.29) is 0 Å². The first kappa shape index (κ1) is 10.7. The predicted octanol–water partition coefficient (Wildman–Crippen LogP) is 2.42. The first-order chi connectivity index (χ1) is 5.00. The number of oxime groups is 1. The van der Waals surface area contributed by atoms with Crippen LogP contribution in [0.2, 0.25) is 11.1 Å². The molecule has 2 nitrogen and oxygen atoms in total. The van der Waals surface area contributed by atoms with Crippen molar-refractivity contribution in [2.75, 3.05) is 0 Å². The summed E-state index contributed by atoms with van der Waals surface area (Å²) in [5, 5.41) is 12.9. The molecule has 0 unspecified atom stereocenters. The average molecular weight is 173 g/mol. The van der Waals surface area contributed by atoms with Gasteiger partial charge in [-0.1, -0.05) is 27.7 Å². The Hall–Kier alpha value is -0.313. The van der Waals surface area contributed by atoms with Gasteiger partial charge in [-0.05, 0) is 18.0 Å². The van der Waals surface area contributed by atoms with Gasteiger partial charge in [-0.25, -0.2) is 0 Å². The Kier molecular flexibility index (Phi) is 4.41. The number of hydrogen-bond acceptors (Lipinski definition) is 2. The SMILES string of the molecule is CC(=NO)[SiH](C(C)C)C(C)C. The molecule has 1 N–H and O–H groups in total. The first-order valence-corrected chi connectivity index (χ1v) is 6.10. The third kappa shape index (κ3) is 3.06. The van der Waals surface area contributed by atoms with Gasteiger partial charge < -0.3 is 5.21 Å². The van der Waals surface area contributed by atoms with E-state index in [2.05, 4.69) is 32.9 Å². The molecule has 0 amide bonds. The second-order valence-electron chi connectivity index (χ2n) is 3.76. The van der Waals surface area contributed by atoms with Crippen molar-refractivity contribution in [3.05, 3.63) is 0 Å². The van der Waals surface area contributed by atoms with Gasteiger partial charge in [0.1, 0.15) is 0 Å². The molecule has 0 bridgehead atoms. The van der Waals surface area contributed by atoms with Crippen LogP contribution >= 0.6 is 0 Å². The number of nitrogens with zero attached hydrogens (tertiary/aromatic N) is 1. The van der Waals surface area contributed by atoms with Crippen molar-refractivity contribution in [1.29, 1.82) is 0 Å². The van der Waals surface area contributed by atoms with Crippen molar-refractivity contribution in [3.8, 4) is 0 Å². The van der Waals surface area contributed by atoms with Crippen LogP contribution in [0.5, 0.6) is 0 Å². The molecular formula is C8H19NOSi. The summed E-state index contributed by atoms with van der Waals surface area (Å²) in [6, 6.07) is 0.